The van der Waals surface area contributed by atoms with E-state index >= 15 is 0 Å². The first-order valence-corrected chi connectivity index (χ1v) is 8.43. The summed E-state index contributed by atoms with van der Waals surface area (Å²) in [5.41, 5.74) is 2.23. The van der Waals surface area contributed by atoms with Crippen LogP contribution in [0, 0.1) is 5.82 Å². The largest absolute Gasteiger partial charge is 0.383 e. The number of aromatic nitrogens is 2. The number of nitrogens with zero attached hydrogens (tertiary/aromatic N) is 3. The monoisotopic (exact) mass is 360 g/mol. The summed E-state index contributed by atoms with van der Waals surface area (Å²) in [7, 11) is 1.58. The number of amides is 2. The molecule has 2 amide bonds. The molecule has 26 heavy (non-hydrogen) atoms. The third-order valence-electron chi connectivity index (χ3n) is 4.30. The summed E-state index contributed by atoms with van der Waals surface area (Å²) in [6.07, 6.45) is 0.590. The second kappa shape index (κ2) is 8.09. The van der Waals surface area contributed by atoms with E-state index in [1.54, 1.807) is 24.1 Å². The Balaban J connectivity index is 1.62. The van der Waals surface area contributed by atoms with Gasteiger partial charge >= 0.3 is 6.03 Å². The van der Waals surface area contributed by atoms with Crippen molar-refractivity contribution in [1.29, 1.82) is 0 Å². The van der Waals surface area contributed by atoms with Crippen molar-refractivity contribution in [1.82, 2.24) is 20.0 Å². The van der Waals surface area contributed by atoms with Crippen molar-refractivity contribution in [2.75, 3.05) is 20.3 Å². The Morgan fingerprint density at radius 1 is 1.35 bits per heavy atom. The molecule has 7 nitrogen and oxygen atoms in total. The quantitative estimate of drug-likeness (QED) is 0.872. The second-order valence-corrected chi connectivity index (χ2v) is 6.13. The summed E-state index contributed by atoms with van der Waals surface area (Å²) >= 11 is 0. The molecule has 0 atom stereocenters. The molecule has 0 spiro atoms. The number of rotatable bonds is 5. The number of urea groups is 1. The van der Waals surface area contributed by atoms with Gasteiger partial charge in [0, 0.05) is 44.8 Å². The van der Waals surface area contributed by atoms with Crippen molar-refractivity contribution in [3.05, 3.63) is 63.3 Å². The van der Waals surface area contributed by atoms with Crippen molar-refractivity contribution in [2.24, 2.45) is 0 Å². The second-order valence-electron chi connectivity index (χ2n) is 6.13. The molecular formula is C18H21FN4O3. The SMILES string of the molecule is COCCn1nc2c(cc1=O)CN(C(=O)NCc1ccc(F)cc1)CC2. The summed E-state index contributed by atoms with van der Waals surface area (Å²) in [5.74, 6) is -0.309. The fourth-order valence-corrected chi connectivity index (χ4v) is 2.84. The third kappa shape index (κ3) is 4.26. The highest BCUT2D eigenvalue weighted by Gasteiger charge is 2.22. The fraction of sp³-hybridized carbons (Fsp3) is 0.389. The zero-order valence-corrected chi connectivity index (χ0v) is 14.6. The molecule has 2 heterocycles. The number of hydrogen-bond acceptors (Lipinski definition) is 4. The molecule has 0 bridgehead atoms. The molecule has 0 saturated carbocycles. The van der Waals surface area contributed by atoms with Crippen LogP contribution in [-0.2, 0) is 30.8 Å². The molecule has 0 aliphatic carbocycles. The van der Waals surface area contributed by atoms with E-state index in [0.717, 1.165) is 16.8 Å². The van der Waals surface area contributed by atoms with Crippen molar-refractivity contribution in [3.8, 4) is 0 Å². The molecule has 1 aliphatic heterocycles. The maximum absolute atomic E-state index is 12.9. The van der Waals surface area contributed by atoms with Crippen LogP contribution in [0.25, 0.3) is 0 Å². The molecule has 3 rings (SSSR count). The number of carbonyl (C=O) groups is 1. The summed E-state index contributed by atoms with van der Waals surface area (Å²) in [4.78, 5) is 26.1. The average molecular weight is 360 g/mol. The van der Waals surface area contributed by atoms with Gasteiger partial charge in [-0.15, -0.1) is 0 Å². The first-order valence-electron chi connectivity index (χ1n) is 8.43. The molecular weight excluding hydrogens is 339 g/mol. The lowest BCUT2D eigenvalue weighted by Gasteiger charge is -2.28. The van der Waals surface area contributed by atoms with Crippen LogP contribution in [0.5, 0.6) is 0 Å². The number of nitrogens with one attached hydrogen (secondary N) is 1. The Kier molecular flexibility index (Phi) is 5.62. The number of fused-ring (bicyclic) bond motifs is 1. The van der Waals surface area contributed by atoms with Crippen LogP contribution in [0.3, 0.4) is 0 Å². The molecule has 8 heteroatoms. The molecule has 0 fully saturated rings. The summed E-state index contributed by atoms with van der Waals surface area (Å²) in [6.45, 7) is 2.02. The summed E-state index contributed by atoms with van der Waals surface area (Å²) in [6, 6.07) is 7.31. The molecule has 2 aromatic rings. The van der Waals surface area contributed by atoms with E-state index in [9.17, 15) is 14.0 Å². The Bertz CT molecular complexity index is 835. The molecule has 138 valence electrons. The van der Waals surface area contributed by atoms with Gasteiger partial charge in [0.15, 0.2) is 0 Å². The maximum atomic E-state index is 12.9. The minimum absolute atomic E-state index is 0.200. The number of halogens is 1. The standard InChI is InChI=1S/C18H21FN4O3/c1-26-9-8-23-17(24)10-14-12-22(7-6-16(14)21-23)18(25)20-11-13-2-4-15(19)5-3-13/h2-5,10H,6-9,11-12H2,1H3,(H,20,25). The van der Waals surface area contributed by atoms with Crippen LogP contribution in [0.1, 0.15) is 16.8 Å². The lowest BCUT2D eigenvalue weighted by molar-refractivity contribution is 0.179. The number of ether oxygens (including phenoxy) is 1. The maximum Gasteiger partial charge on any atom is 0.317 e. The van der Waals surface area contributed by atoms with Gasteiger partial charge in [-0.3, -0.25) is 4.79 Å². The van der Waals surface area contributed by atoms with E-state index in [4.69, 9.17) is 4.74 Å². The normalized spacial score (nSPS) is 13.4. The summed E-state index contributed by atoms with van der Waals surface area (Å²) < 4.78 is 19.3. The first kappa shape index (κ1) is 18.1. The van der Waals surface area contributed by atoms with Crippen LogP contribution in [0.4, 0.5) is 9.18 Å². The number of carbonyl (C=O) groups excluding carboxylic acids is 1. The highest BCUT2D eigenvalue weighted by Crippen LogP contribution is 2.15. The summed E-state index contributed by atoms with van der Waals surface area (Å²) in [5, 5.41) is 7.19. The van der Waals surface area contributed by atoms with E-state index in [-0.39, 0.29) is 17.4 Å². The van der Waals surface area contributed by atoms with Crippen molar-refractivity contribution in [2.45, 2.75) is 26.1 Å². The number of hydrogen-bond donors (Lipinski definition) is 1. The van der Waals surface area contributed by atoms with E-state index in [0.29, 0.717) is 39.2 Å². The Hall–Kier alpha value is -2.74. The zero-order valence-electron chi connectivity index (χ0n) is 14.6. The minimum Gasteiger partial charge on any atom is -0.383 e. The Labute approximate surface area is 150 Å². The van der Waals surface area contributed by atoms with E-state index in [1.807, 2.05) is 0 Å². The van der Waals surface area contributed by atoms with Gasteiger partial charge in [0.05, 0.1) is 18.8 Å². The van der Waals surface area contributed by atoms with Crippen molar-refractivity contribution < 1.29 is 13.9 Å². The Morgan fingerprint density at radius 3 is 2.85 bits per heavy atom. The topological polar surface area (TPSA) is 76.5 Å². The highest BCUT2D eigenvalue weighted by molar-refractivity contribution is 5.74. The molecule has 1 aromatic carbocycles. The lowest BCUT2D eigenvalue weighted by atomic mass is 10.1. The van der Waals surface area contributed by atoms with Crippen LogP contribution >= 0.6 is 0 Å². The first-order chi connectivity index (χ1) is 12.6. The number of benzene rings is 1. The van der Waals surface area contributed by atoms with Crippen LogP contribution in [-0.4, -0.2) is 41.0 Å². The van der Waals surface area contributed by atoms with Crippen LogP contribution in [0.2, 0.25) is 0 Å². The van der Waals surface area contributed by atoms with Gasteiger partial charge in [-0.05, 0) is 17.7 Å². The fourth-order valence-electron chi connectivity index (χ4n) is 2.84. The van der Waals surface area contributed by atoms with Gasteiger partial charge in [-0.1, -0.05) is 12.1 Å². The molecule has 0 unspecified atom stereocenters. The molecule has 1 aromatic heterocycles. The highest BCUT2D eigenvalue weighted by atomic mass is 19.1. The predicted molar refractivity (Wildman–Crippen MR) is 93.1 cm³/mol. The Morgan fingerprint density at radius 2 is 2.12 bits per heavy atom. The zero-order chi connectivity index (χ0) is 18.5. The smallest absolute Gasteiger partial charge is 0.317 e. The van der Waals surface area contributed by atoms with Gasteiger partial charge in [-0.25, -0.2) is 13.9 Å². The van der Waals surface area contributed by atoms with E-state index < -0.39 is 0 Å². The molecule has 0 saturated heterocycles. The van der Waals surface area contributed by atoms with Crippen molar-refractivity contribution >= 4 is 6.03 Å². The lowest BCUT2D eigenvalue weighted by Crippen LogP contribution is -2.43. The van der Waals surface area contributed by atoms with Crippen LogP contribution < -0.4 is 10.9 Å². The van der Waals surface area contributed by atoms with Gasteiger partial charge in [-0.2, -0.15) is 5.10 Å². The number of methoxy groups -OCH3 is 1. The molecule has 1 aliphatic rings. The molecule has 1 N–H and O–H groups in total. The predicted octanol–water partition coefficient (Wildman–Crippen LogP) is 1.30. The van der Waals surface area contributed by atoms with E-state index in [1.165, 1.54) is 22.9 Å². The van der Waals surface area contributed by atoms with Crippen LogP contribution in [0.15, 0.2) is 35.1 Å². The van der Waals surface area contributed by atoms with Gasteiger partial charge in [0.25, 0.3) is 5.56 Å². The van der Waals surface area contributed by atoms with Gasteiger partial charge in [0.2, 0.25) is 0 Å². The van der Waals surface area contributed by atoms with Gasteiger partial charge in [0.1, 0.15) is 5.82 Å². The minimum atomic E-state index is -0.309. The molecule has 0 radical (unpaired) electrons. The third-order valence-corrected chi connectivity index (χ3v) is 4.30. The van der Waals surface area contributed by atoms with Gasteiger partial charge < -0.3 is 15.0 Å². The average Bonchev–Trinajstić information content (AvgIpc) is 2.65. The van der Waals surface area contributed by atoms with E-state index in [2.05, 4.69) is 10.4 Å². The van der Waals surface area contributed by atoms with Crippen molar-refractivity contribution in [3.63, 3.8) is 0 Å².